The van der Waals surface area contributed by atoms with Crippen LogP contribution < -0.4 is 5.73 Å². The Morgan fingerprint density at radius 1 is 1.50 bits per heavy atom. The van der Waals surface area contributed by atoms with Crippen molar-refractivity contribution >= 4 is 15.9 Å². The molecule has 2 nitrogen and oxygen atoms in total. The molecule has 0 aromatic heterocycles. The highest BCUT2D eigenvalue weighted by atomic mass is 79.9. The zero-order chi connectivity index (χ0) is 10.9. The minimum Gasteiger partial charge on any atom is -0.507 e. The monoisotopic (exact) mass is 257 g/mol. The third-order valence-corrected chi connectivity index (χ3v) is 3.36. The van der Waals surface area contributed by atoms with Gasteiger partial charge in [-0.2, -0.15) is 0 Å². The van der Waals surface area contributed by atoms with Crippen LogP contribution in [-0.4, -0.2) is 11.1 Å². The topological polar surface area (TPSA) is 46.2 Å². The lowest BCUT2D eigenvalue weighted by Gasteiger charge is -2.14. The zero-order valence-corrected chi connectivity index (χ0v) is 10.4. The maximum absolute atomic E-state index is 9.56. The van der Waals surface area contributed by atoms with Crippen LogP contribution in [0.4, 0.5) is 0 Å². The standard InChI is InChI=1S/C11H16BrNO/c1-6-4-10(14)11(12)8(3)9(6)5-7(2)13/h4,7,14H,5,13H2,1-3H3. The van der Waals surface area contributed by atoms with Crippen molar-refractivity contribution in [2.75, 3.05) is 0 Å². The molecule has 0 aliphatic carbocycles. The van der Waals surface area contributed by atoms with Crippen molar-refractivity contribution in [2.24, 2.45) is 5.73 Å². The van der Waals surface area contributed by atoms with Gasteiger partial charge in [-0.15, -0.1) is 0 Å². The van der Waals surface area contributed by atoms with Gasteiger partial charge in [-0.3, -0.25) is 0 Å². The van der Waals surface area contributed by atoms with E-state index in [1.165, 1.54) is 5.56 Å². The third kappa shape index (κ3) is 2.28. The van der Waals surface area contributed by atoms with E-state index in [-0.39, 0.29) is 6.04 Å². The second-order valence-electron chi connectivity index (χ2n) is 3.81. The number of rotatable bonds is 2. The Hall–Kier alpha value is -0.540. The van der Waals surface area contributed by atoms with Crippen molar-refractivity contribution in [3.8, 4) is 5.75 Å². The highest BCUT2D eigenvalue weighted by Gasteiger charge is 2.11. The van der Waals surface area contributed by atoms with Crippen LogP contribution >= 0.6 is 15.9 Å². The maximum Gasteiger partial charge on any atom is 0.130 e. The van der Waals surface area contributed by atoms with Gasteiger partial charge in [0, 0.05) is 6.04 Å². The number of benzene rings is 1. The molecule has 0 heterocycles. The molecule has 0 amide bonds. The smallest absolute Gasteiger partial charge is 0.130 e. The summed E-state index contributed by atoms with van der Waals surface area (Å²) in [7, 11) is 0. The van der Waals surface area contributed by atoms with Crippen molar-refractivity contribution in [1.29, 1.82) is 0 Å². The zero-order valence-electron chi connectivity index (χ0n) is 8.76. The Morgan fingerprint density at radius 2 is 2.07 bits per heavy atom. The molecule has 3 heteroatoms. The quantitative estimate of drug-likeness (QED) is 0.856. The minimum atomic E-state index is 0.142. The molecule has 0 saturated carbocycles. The number of phenols is 1. The Labute approximate surface area is 93.3 Å². The van der Waals surface area contributed by atoms with Crippen LogP contribution in [0.2, 0.25) is 0 Å². The lowest BCUT2D eigenvalue weighted by Crippen LogP contribution is -2.19. The summed E-state index contributed by atoms with van der Waals surface area (Å²) in [5.74, 6) is 0.299. The first-order valence-corrected chi connectivity index (χ1v) is 5.46. The number of aryl methyl sites for hydroxylation is 1. The maximum atomic E-state index is 9.56. The minimum absolute atomic E-state index is 0.142. The normalized spacial score (nSPS) is 12.9. The summed E-state index contributed by atoms with van der Waals surface area (Å²) >= 11 is 3.36. The van der Waals surface area contributed by atoms with Gasteiger partial charge >= 0.3 is 0 Å². The van der Waals surface area contributed by atoms with Crippen LogP contribution in [0.25, 0.3) is 0 Å². The van der Waals surface area contributed by atoms with Gasteiger partial charge in [-0.05, 0) is 65.9 Å². The molecule has 0 aliphatic heterocycles. The van der Waals surface area contributed by atoms with E-state index in [0.717, 1.165) is 22.0 Å². The van der Waals surface area contributed by atoms with E-state index in [1.54, 1.807) is 6.07 Å². The van der Waals surface area contributed by atoms with Crippen molar-refractivity contribution in [3.05, 3.63) is 27.2 Å². The highest BCUT2D eigenvalue weighted by molar-refractivity contribution is 9.10. The fourth-order valence-corrected chi connectivity index (χ4v) is 1.97. The molecule has 1 atom stereocenters. The number of nitrogens with two attached hydrogens (primary N) is 1. The average Bonchev–Trinajstić information content (AvgIpc) is 2.09. The summed E-state index contributed by atoms with van der Waals surface area (Å²) in [6, 6.07) is 1.92. The van der Waals surface area contributed by atoms with Crippen molar-refractivity contribution in [1.82, 2.24) is 0 Å². The highest BCUT2D eigenvalue weighted by Crippen LogP contribution is 2.32. The van der Waals surface area contributed by atoms with E-state index in [9.17, 15) is 5.11 Å². The predicted octanol–water partition coefficient (Wildman–Crippen LogP) is 2.66. The average molecular weight is 258 g/mol. The molecule has 1 rings (SSSR count). The predicted molar refractivity (Wildman–Crippen MR) is 62.6 cm³/mol. The molecule has 0 fully saturated rings. The molecule has 3 N–H and O–H groups in total. The number of hydrogen-bond acceptors (Lipinski definition) is 2. The van der Waals surface area contributed by atoms with E-state index in [1.807, 2.05) is 20.8 Å². The molecule has 14 heavy (non-hydrogen) atoms. The molecule has 0 bridgehead atoms. The van der Waals surface area contributed by atoms with Crippen LogP contribution in [0.15, 0.2) is 10.5 Å². The first kappa shape index (κ1) is 11.5. The van der Waals surface area contributed by atoms with Gasteiger partial charge < -0.3 is 10.8 Å². The summed E-state index contributed by atoms with van der Waals surface area (Å²) in [6.45, 7) is 5.98. The second-order valence-corrected chi connectivity index (χ2v) is 4.60. The molecule has 0 radical (unpaired) electrons. The molecule has 78 valence electrons. The summed E-state index contributed by atoms with van der Waals surface area (Å²) < 4.78 is 0.777. The van der Waals surface area contributed by atoms with E-state index >= 15 is 0 Å². The van der Waals surface area contributed by atoms with Crippen LogP contribution in [0.3, 0.4) is 0 Å². The van der Waals surface area contributed by atoms with E-state index < -0.39 is 0 Å². The summed E-state index contributed by atoms with van der Waals surface area (Å²) in [4.78, 5) is 0. The van der Waals surface area contributed by atoms with Gasteiger partial charge in [-0.25, -0.2) is 0 Å². The lowest BCUT2D eigenvalue weighted by molar-refractivity contribution is 0.470. The largest absolute Gasteiger partial charge is 0.507 e. The van der Waals surface area contributed by atoms with Crippen LogP contribution in [0.5, 0.6) is 5.75 Å². The fourth-order valence-electron chi connectivity index (χ4n) is 1.61. The van der Waals surface area contributed by atoms with Crippen LogP contribution in [0.1, 0.15) is 23.6 Å². The summed E-state index contributed by atoms with van der Waals surface area (Å²) in [6.07, 6.45) is 0.844. The Balaban J connectivity index is 3.22. The number of aromatic hydroxyl groups is 1. The second kappa shape index (κ2) is 4.32. The van der Waals surface area contributed by atoms with Crippen LogP contribution in [0, 0.1) is 13.8 Å². The van der Waals surface area contributed by atoms with Gasteiger partial charge in [-0.1, -0.05) is 0 Å². The van der Waals surface area contributed by atoms with Gasteiger partial charge in [0.05, 0.1) is 4.47 Å². The molecule has 0 aliphatic rings. The Kier molecular flexibility index (Phi) is 3.56. The molecular weight excluding hydrogens is 242 g/mol. The molecular formula is C11H16BrNO. The molecule has 1 unspecified atom stereocenters. The lowest BCUT2D eigenvalue weighted by atomic mass is 9.97. The van der Waals surface area contributed by atoms with Gasteiger partial charge in [0.15, 0.2) is 0 Å². The summed E-state index contributed by atoms with van der Waals surface area (Å²) in [5, 5.41) is 9.56. The molecule has 0 saturated heterocycles. The Bertz CT molecular complexity index is 348. The van der Waals surface area contributed by atoms with Crippen molar-refractivity contribution in [3.63, 3.8) is 0 Å². The molecule has 0 spiro atoms. The van der Waals surface area contributed by atoms with Crippen molar-refractivity contribution < 1.29 is 5.11 Å². The summed E-state index contributed by atoms with van der Waals surface area (Å²) in [5.41, 5.74) is 9.18. The molecule has 1 aromatic carbocycles. The number of hydrogen-bond donors (Lipinski definition) is 2. The van der Waals surface area contributed by atoms with E-state index in [2.05, 4.69) is 15.9 Å². The fraction of sp³-hybridized carbons (Fsp3) is 0.455. The van der Waals surface area contributed by atoms with E-state index in [4.69, 9.17) is 5.73 Å². The Morgan fingerprint density at radius 3 is 2.57 bits per heavy atom. The SMILES string of the molecule is Cc1cc(O)c(Br)c(C)c1CC(C)N. The molecule has 1 aromatic rings. The van der Waals surface area contributed by atoms with Crippen molar-refractivity contribution in [2.45, 2.75) is 33.2 Å². The first-order chi connectivity index (χ1) is 6.43. The van der Waals surface area contributed by atoms with Gasteiger partial charge in [0.2, 0.25) is 0 Å². The number of phenolic OH excluding ortho intramolecular Hbond substituents is 1. The number of halogens is 1. The first-order valence-electron chi connectivity index (χ1n) is 4.66. The van der Waals surface area contributed by atoms with E-state index in [0.29, 0.717) is 5.75 Å². The van der Waals surface area contributed by atoms with Gasteiger partial charge in [0.1, 0.15) is 5.75 Å². The van der Waals surface area contributed by atoms with Crippen LogP contribution in [-0.2, 0) is 6.42 Å². The van der Waals surface area contributed by atoms with Gasteiger partial charge in [0.25, 0.3) is 0 Å². The third-order valence-electron chi connectivity index (χ3n) is 2.36.